The van der Waals surface area contributed by atoms with Crippen LogP contribution >= 0.6 is 0 Å². The number of nitrogens with zero attached hydrogens (tertiary/aromatic N) is 3. The third-order valence-corrected chi connectivity index (χ3v) is 4.68. The number of allylic oxidation sites excluding steroid dienone is 3. The lowest BCUT2D eigenvalue weighted by Crippen LogP contribution is -2.33. The molecule has 1 aromatic heterocycles. The van der Waals surface area contributed by atoms with Crippen molar-refractivity contribution in [1.29, 1.82) is 0 Å². The Bertz CT molecular complexity index is 1080. The van der Waals surface area contributed by atoms with Crippen molar-refractivity contribution in [3.8, 4) is 11.8 Å². The highest BCUT2D eigenvalue weighted by molar-refractivity contribution is 5.93. The van der Waals surface area contributed by atoms with Gasteiger partial charge in [-0.25, -0.2) is 4.79 Å². The Balaban J connectivity index is 1.86. The van der Waals surface area contributed by atoms with Crippen molar-refractivity contribution >= 4 is 23.6 Å². The number of phenolic OH excluding ortho intramolecular Hbond substituents is 1. The number of nitrogens with one attached hydrogen (secondary N) is 2. The monoisotopic (exact) mass is 481 g/mol. The number of hydrogen-bond acceptors (Lipinski definition) is 10. The van der Waals surface area contributed by atoms with Gasteiger partial charge in [0.1, 0.15) is 11.3 Å². The Morgan fingerprint density at radius 2 is 2.00 bits per heavy atom. The summed E-state index contributed by atoms with van der Waals surface area (Å²) in [6.45, 7) is -1.91. The topological polar surface area (TPSA) is 139 Å². The maximum absolute atomic E-state index is 12.6. The molecule has 1 unspecified atom stereocenters. The molecule has 1 aliphatic carbocycles. The molecule has 10 nitrogen and oxygen atoms in total. The fourth-order valence-corrected chi connectivity index (χ4v) is 3.06. The number of benzene rings is 1. The molecule has 4 N–H and O–H groups in total. The Morgan fingerprint density at radius 1 is 1.24 bits per heavy atom. The standard InChI is InChI=1S/C21H22F3N5O5/c1-33-17(32)14-8-7-13(9-16(14)31)25-18-27-19(29-20(28-18)34-11-21(22,23)24)26-15(10-30)12-5-3-2-4-6-12/h2-5,7-9,12,15,30-31H,6,10-11H2,1H3,(H2,25,26,27,28,29)/t12?,15-/m1/s1. The van der Waals surface area contributed by atoms with Gasteiger partial charge >= 0.3 is 18.2 Å². The van der Waals surface area contributed by atoms with E-state index in [4.69, 9.17) is 0 Å². The van der Waals surface area contributed by atoms with Crippen LogP contribution in [0.5, 0.6) is 11.8 Å². The number of anilines is 3. The van der Waals surface area contributed by atoms with E-state index in [1.54, 1.807) is 0 Å². The second-order valence-electron chi connectivity index (χ2n) is 7.16. The van der Waals surface area contributed by atoms with Crippen LogP contribution in [0.2, 0.25) is 0 Å². The average Bonchev–Trinajstić information content (AvgIpc) is 2.81. The SMILES string of the molecule is COC(=O)c1ccc(Nc2nc(N[C@H](CO)C3C=CC=CC3)nc(OCC(F)(F)F)n2)cc1O. The first-order chi connectivity index (χ1) is 16.2. The lowest BCUT2D eigenvalue weighted by molar-refractivity contribution is -0.154. The number of aromatic nitrogens is 3. The summed E-state index contributed by atoms with van der Waals surface area (Å²) in [5.74, 6) is -1.58. The van der Waals surface area contributed by atoms with Crippen molar-refractivity contribution in [1.82, 2.24) is 15.0 Å². The fourth-order valence-electron chi connectivity index (χ4n) is 3.06. The molecule has 0 amide bonds. The number of aliphatic hydroxyl groups is 1. The summed E-state index contributed by atoms with van der Waals surface area (Å²) in [5.41, 5.74) is 0.142. The van der Waals surface area contributed by atoms with E-state index in [1.807, 2.05) is 24.3 Å². The van der Waals surface area contributed by atoms with Gasteiger partial charge in [-0.15, -0.1) is 0 Å². The molecule has 0 saturated heterocycles. The maximum atomic E-state index is 12.6. The first-order valence-electron chi connectivity index (χ1n) is 10.0. The number of halogens is 3. The van der Waals surface area contributed by atoms with E-state index in [1.165, 1.54) is 18.2 Å². The average molecular weight is 481 g/mol. The molecule has 0 aliphatic heterocycles. The predicted molar refractivity (Wildman–Crippen MR) is 115 cm³/mol. The molecular formula is C21H22F3N5O5. The first kappa shape index (κ1) is 24.8. The van der Waals surface area contributed by atoms with E-state index in [-0.39, 0.29) is 35.7 Å². The molecule has 2 aromatic rings. The zero-order valence-electron chi connectivity index (χ0n) is 17.9. The molecule has 0 spiro atoms. The van der Waals surface area contributed by atoms with Gasteiger partial charge in [-0.3, -0.25) is 0 Å². The maximum Gasteiger partial charge on any atom is 0.422 e. The number of aromatic hydroxyl groups is 1. The van der Waals surface area contributed by atoms with Crippen molar-refractivity contribution < 1.29 is 37.7 Å². The molecular weight excluding hydrogens is 459 g/mol. The van der Waals surface area contributed by atoms with Crippen LogP contribution in [0, 0.1) is 5.92 Å². The number of ether oxygens (including phenoxy) is 2. The van der Waals surface area contributed by atoms with Crippen LogP contribution in [0.1, 0.15) is 16.8 Å². The lowest BCUT2D eigenvalue weighted by atomic mass is 9.93. The lowest BCUT2D eigenvalue weighted by Gasteiger charge is -2.24. The summed E-state index contributed by atoms with van der Waals surface area (Å²) in [5, 5.41) is 25.5. The van der Waals surface area contributed by atoms with Gasteiger partial charge in [0.2, 0.25) is 11.9 Å². The third-order valence-electron chi connectivity index (χ3n) is 4.68. The van der Waals surface area contributed by atoms with Gasteiger partial charge in [-0.2, -0.15) is 28.1 Å². The Kier molecular flexibility index (Phi) is 7.89. The van der Waals surface area contributed by atoms with Gasteiger partial charge in [-0.05, 0) is 18.6 Å². The van der Waals surface area contributed by atoms with Crippen LogP contribution in [0.3, 0.4) is 0 Å². The minimum absolute atomic E-state index is 0.0828. The molecule has 13 heteroatoms. The second-order valence-corrected chi connectivity index (χ2v) is 7.16. The number of phenols is 1. The molecule has 1 heterocycles. The summed E-state index contributed by atoms with van der Waals surface area (Å²) in [6, 6.07) is 2.75. The van der Waals surface area contributed by atoms with Crippen LogP contribution in [-0.4, -0.2) is 63.7 Å². The van der Waals surface area contributed by atoms with Crippen molar-refractivity contribution in [2.24, 2.45) is 5.92 Å². The van der Waals surface area contributed by atoms with E-state index < -0.39 is 36.6 Å². The van der Waals surface area contributed by atoms with Crippen molar-refractivity contribution in [2.75, 3.05) is 31.0 Å². The quantitative estimate of drug-likeness (QED) is 0.395. The number of hydrogen-bond donors (Lipinski definition) is 4. The molecule has 0 saturated carbocycles. The van der Waals surface area contributed by atoms with Crippen LogP contribution in [0.25, 0.3) is 0 Å². The van der Waals surface area contributed by atoms with Gasteiger partial charge in [0.15, 0.2) is 6.61 Å². The van der Waals surface area contributed by atoms with Gasteiger partial charge in [0, 0.05) is 17.7 Å². The molecule has 0 bridgehead atoms. The van der Waals surface area contributed by atoms with Gasteiger partial charge in [-0.1, -0.05) is 24.3 Å². The number of carbonyl (C=O) groups is 1. The summed E-state index contributed by atoms with van der Waals surface area (Å²) in [7, 11) is 1.16. The Morgan fingerprint density at radius 3 is 2.62 bits per heavy atom. The normalized spacial score (nSPS) is 16.1. The number of methoxy groups -OCH3 is 1. The van der Waals surface area contributed by atoms with Crippen LogP contribution < -0.4 is 15.4 Å². The Labute approximate surface area is 192 Å². The molecule has 182 valence electrons. The molecule has 2 atom stereocenters. The molecule has 1 aromatic carbocycles. The summed E-state index contributed by atoms with van der Waals surface area (Å²) < 4.78 is 47.1. The highest BCUT2D eigenvalue weighted by Gasteiger charge is 2.29. The number of carbonyl (C=O) groups excluding carboxylic acids is 1. The highest BCUT2D eigenvalue weighted by atomic mass is 19.4. The Hall–Kier alpha value is -3.87. The number of alkyl halides is 3. The van der Waals surface area contributed by atoms with Crippen LogP contribution in [-0.2, 0) is 4.74 Å². The number of rotatable bonds is 9. The smallest absolute Gasteiger partial charge is 0.422 e. The summed E-state index contributed by atoms with van der Waals surface area (Å²) >= 11 is 0. The largest absolute Gasteiger partial charge is 0.507 e. The molecule has 34 heavy (non-hydrogen) atoms. The van der Waals surface area contributed by atoms with Crippen molar-refractivity contribution in [3.63, 3.8) is 0 Å². The van der Waals surface area contributed by atoms with Crippen LogP contribution in [0.15, 0.2) is 42.5 Å². The second kappa shape index (κ2) is 10.8. The minimum atomic E-state index is -4.61. The van der Waals surface area contributed by atoms with Gasteiger partial charge in [0.05, 0.1) is 19.8 Å². The van der Waals surface area contributed by atoms with Crippen molar-refractivity contribution in [2.45, 2.75) is 18.6 Å². The highest BCUT2D eigenvalue weighted by Crippen LogP contribution is 2.26. The van der Waals surface area contributed by atoms with Crippen molar-refractivity contribution in [3.05, 3.63) is 48.1 Å². The minimum Gasteiger partial charge on any atom is -0.507 e. The first-order valence-corrected chi connectivity index (χ1v) is 10.0. The number of aliphatic hydroxyl groups excluding tert-OH is 1. The predicted octanol–water partition coefficient (Wildman–Crippen LogP) is 2.95. The van der Waals surface area contributed by atoms with E-state index in [0.29, 0.717) is 6.42 Å². The molecule has 3 rings (SSSR count). The zero-order valence-corrected chi connectivity index (χ0v) is 17.9. The molecule has 0 fully saturated rings. The van der Waals surface area contributed by atoms with Gasteiger partial charge in [0.25, 0.3) is 0 Å². The zero-order chi connectivity index (χ0) is 24.7. The fraction of sp³-hybridized carbons (Fsp3) is 0.333. The third kappa shape index (κ3) is 6.81. The van der Waals surface area contributed by atoms with Crippen LogP contribution in [0.4, 0.5) is 30.8 Å². The molecule has 1 aliphatic rings. The van der Waals surface area contributed by atoms with E-state index in [2.05, 4.69) is 35.1 Å². The van der Waals surface area contributed by atoms with E-state index >= 15 is 0 Å². The summed E-state index contributed by atoms with van der Waals surface area (Å²) in [6.07, 6.45) is 3.49. The molecule has 0 radical (unpaired) electrons. The van der Waals surface area contributed by atoms with Gasteiger partial charge < -0.3 is 30.3 Å². The number of esters is 1. The van der Waals surface area contributed by atoms with E-state index in [0.717, 1.165) is 7.11 Å². The van der Waals surface area contributed by atoms with E-state index in [9.17, 15) is 28.2 Å². The summed E-state index contributed by atoms with van der Waals surface area (Å²) in [4.78, 5) is 23.4.